The molecule has 0 spiro atoms. The van der Waals surface area contributed by atoms with Gasteiger partial charge in [0.05, 0.1) is 11.2 Å². The predicted octanol–water partition coefficient (Wildman–Crippen LogP) is 5.19. The Morgan fingerprint density at radius 2 is 2.00 bits per heavy atom. The summed E-state index contributed by atoms with van der Waals surface area (Å²) in [7, 11) is 0. The average molecular weight is 602 g/mol. The second-order valence-electron chi connectivity index (χ2n) is 11.2. The molecule has 1 aliphatic heterocycles. The van der Waals surface area contributed by atoms with Crippen molar-refractivity contribution in [1.29, 1.82) is 0 Å². The van der Waals surface area contributed by atoms with E-state index in [4.69, 9.17) is 9.72 Å². The Bertz CT molecular complexity index is 1580. The van der Waals surface area contributed by atoms with Gasteiger partial charge in [-0.2, -0.15) is 0 Å². The van der Waals surface area contributed by atoms with Gasteiger partial charge in [0.15, 0.2) is 0 Å². The highest BCUT2D eigenvalue weighted by molar-refractivity contribution is 5.91. The van der Waals surface area contributed by atoms with Crippen molar-refractivity contribution in [2.24, 2.45) is 0 Å². The van der Waals surface area contributed by atoms with Gasteiger partial charge in [0, 0.05) is 43.0 Å². The fraction of sp³-hybridized carbons (Fsp3) is 0.424. The minimum absolute atomic E-state index is 0.338. The summed E-state index contributed by atoms with van der Waals surface area (Å²) in [6, 6.07) is 11.4. The third-order valence-corrected chi connectivity index (χ3v) is 7.85. The van der Waals surface area contributed by atoms with E-state index in [1.165, 1.54) is 17.7 Å². The fourth-order valence-corrected chi connectivity index (χ4v) is 5.45. The number of carbonyl (C=O) groups is 1. The van der Waals surface area contributed by atoms with Crippen molar-refractivity contribution in [1.82, 2.24) is 24.8 Å². The third-order valence-electron chi connectivity index (χ3n) is 7.85. The molecule has 5 rings (SSSR count). The number of carboxylic acid groups (broad SMARTS) is 1. The van der Waals surface area contributed by atoms with Crippen molar-refractivity contribution in [3.05, 3.63) is 77.3 Å². The molecule has 1 atom stereocenters. The number of aryl methyl sites for hydroxylation is 4. The van der Waals surface area contributed by atoms with Crippen LogP contribution in [0.3, 0.4) is 0 Å². The lowest BCUT2D eigenvalue weighted by atomic mass is 10.1. The van der Waals surface area contributed by atoms with E-state index >= 15 is 0 Å². The van der Waals surface area contributed by atoms with Gasteiger partial charge >= 0.3 is 5.97 Å². The topological polar surface area (TPSA) is 125 Å². The number of carboxylic acids is 1. The predicted molar refractivity (Wildman–Crippen MR) is 169 cm³/mol. The van der Waals surface area contributed by atoms with Gasteiger partial charge in [0.25, 0.3) is 0 Å². The maximum atomic E-state index is 13.8. The Labute approximate surface area is 257 Å². The second kappa shape index (κ2) is 14.9. The molecule has 0 unspecified atom stereocenters. The van der Waals surface area contributed by atoms with Crippen LogP contribution in [0.2, 0.25) is 0 Å². The number of halogens is 1. The number of benzene rings is 1. The Morgan fingerprint density at radius 3 is 2.84 bits per heavy atom. The van der Waals surface area contributed by atoms with Gasteiger partial charge in [-0.1, -0.05) is 6.07 Å². The summed E-state index contributed by atoms with van der Waals surface area (Å²) < 4.78 is 19.8. The summed E-state index contributed by atoms with van der Waals surface area (Å²) in [4.78, 5) is 32.4. The summed E-state index contributed by atoms with van der Waals surface area (Å²) in [5.41, 5.74) is 3.63. The van der Waals surface area contributed by atoms with Crippen LogP contribution in [-0.4, -0.2) is 74.7 Å². The van der Waals surface area contributed by atoms with Crippen molar-refractivity contribution in [3.8, 4) is 5.75 Å². The summed E-state index contributed by atoms with van der Waals surface area (Å²) in [6.07, 6.45) is 7.07. The number of hydrogen-bond acceptors (Lipinski definition) is 9. The molecule has 1 aliphatic rings. The molecule has 10 nitrogen and oxygen atoms in total. The number of nitrogens with zero attached hydrogens (tertiary/aromatic N) is 5. The van der Waals surface area contributed by atoms with Gasteiger partial charge in [-0.15, -0.1) is 0 Å². The summed E-state index contributed by atoms with van der Waals surface area (Å²) >= 11 is 0. The van der Waals surface area contributed by atoms with Crippen molar-refractivity contribution in [3.63, 3.8) is 0 Å². The zero-order valence-corrected chi connectivity index (χ0v) is 25.4. The summed E-state index contributed by atoms with van der Waals surface area (Å²) in [5.74, 6) is 1.19. The molecule has 0 amide bonds. The number of aromatic nitrogens is 4. The van der Waals surface area contributed by atoms with E-state index < -0.39 is 17.8 Å². The monoisotopic (exact) mass is 601 g/mol. The van der Waals surface area contributed by atoms with Crippen LogP contribution in [0.25, 0.3) is 10.9 Å². The molecular weight excluding hydrogens is 561 g/mol. The van der Waals surface area contributed by atoms with Crippen molar-refractivity contribution < 1.29 is 19.0 Å². The maximum absolute atomic E-state index is 13.8. The molecule has 0 bridgehead atoms. The highest BCUT2D eigenvalue weighted by Crippen LogP contribution is 2.23. The van der Waals surface area contributed by atoms with Crippen LogP contribution in [-0.2, 0) is 17.6 Å². The molecule has 1 aromatic carbocycles. The normalized spacial score (nSPS) is 13.4. The first-order valence-electron chi connectivity index (χ1n) is 15.3. The molecule has 44 heavy (non-hydrogen) atoms. The van der Waals surface area contributed by atoms with E-state index in [0.29, 0.717) is 48.7 Å². The number of ether oxygens (including phenoxy) is 1. The Hall–Kier alpha value is -4.38. The Kier molecular flexibility index (Phi) is 10.5. The van der Waals surface area contributed by atoms with Crippen LogP contribution in [0, 0.1) is 19.7 Å². The Morgan fingerprint density at radius 1 is 1.11 bits per heavy atom. The van der Waals surface area contributed by atoms with Crippen LogP contribution in [0.4, 0.5) is 16.0 Å². The van der Waals surface area contributed by atoms with Gasteiger partial charge < -0.3 is 20.5 Å². The number of pyridine rings is 2. The van der Waals surface area contributed by atoms with Crippen molar-refractivity contribution in [2.45, 2.75) is 58.4 Å². The third kappa shape index (κ3) is 8.37. The van der Waals surface area contributed by atoms with Crippen molar-refractivity contribution in [2.75, 3.05) is 43.4 Å². The smallest absolute Gasteiger partial charge is 0.326 e. The molecular formula is C33H40FN7O3. The quantitative estimate of drug-likeness (QED) is 0.157. The van der Waals surface area contributed by atoms with Crippen LogP contribution >= 0.6 is 0 Å². The molecule has 4 heterocycles. The minimum atomic E-state index is -0.981. The van der Waals surface area contributed by atoms with E-state index in [2.05, 4.69) is 42.6 Å². The molecule has 3 N–H and O–H groups in total. The number of hydrogen-bond donors (Lipinski definition) is 3. The zero-order chi connectivity index (χ0) is 30.9. The second-order valence-corrected chi connectivity index (χ2v) is 11.2. The van der Waals surface area contributed by atoms with E-state index in [1.807, 2.05) is 19.1 Å². The fourth-order valence-electron chi connectivity index (χ4n) is 5.45. The Balaban J connectivity index is 1.21. The molecule has 0 aliphatic carbocycles. The molecule has 0 saturated heterocycles. The van der Waals surface area contributed by atoms with Crippen LogP contribution in [0.5, 0.6) is 5.75 Å². The first-order chi connectivity index (χ1) is 21.4. The van der Waals surface area contributed by atoms with Gasteiger partial charge in [-0.3, -0.25) is 9.88 Å². The van der Waals surface area contributed by atoms with Gasteiger partial charge in [0.2, 0.25) is 0 Å². The largest absolute Gasteiger partial charge is 0.490 e. The maximum Gasteiger partial charge on any atom is 0.326 e. The van der Waals surface area contributed by atoms with E-state index in [-0.39, 0.29) is 0 Å². The number of anilines is 2. The molecule has 3 aromatic heterocycles. The number of unbranched alkanes of at least 4 members (excludes halogenated alkanes) is 1. The van der Waals surface area contributed by atoms with Gasteiger partial charge in [-0.05, 0) is 94.8 Å². The number of nitrogens with one attached hydrogen (secondary N) is 2. The standard InChI is InChI=1S/C33H40FN7O3/c1-22-30(9-6-15-35-22)44-20-19-41(17-4-3-8-26-12-10-24-7-5-16-36-31(24)39-26)18-14-28(33(42)43)40-32-27-13-11-25(34)21-29(27)37-23(2)38-32/h6,9-13,15,21,28H,3-5,7-8,14,16-20H2,1-2H3,(H,36,39)(H,42,43)(H,37,38,40)/t28-/m0/s1. The van der Waals surface area contributed by atoms with E-state index in [9.17, 15) is 14.3 Å². The molecule has 232 valence electrons. The molecule has 0 radical (unpaired) electrons. The lowest BCUT2D eigenvalue weighted by molar-refractivity contribution is -0.138. The number of aliphatic carboxylic acids is 1. The number of rotatable bonds is 15. The first kappa shape index (κ1) is 31.1. The average Bonchev–Trinajstić information content (AvgIpc) is 3.01. The lowest BCUT2D eigenvalue weighted by Crippen LogP contribution is -2.37. The summed E-state index contributed by atoms with van der Waals surface area (Å²) in [6.45, 7) is 7.00. The highest BCUT2D eigenvalue weighted by atomic mass is 19.1. The van der Waals surface area contributed by atoms with Gasteiger partial charge in [-0.25, -0.2) is 24.1 Å². The molecule has 0 saturated carbocycles. The highest BCUT2D eigenvalue weighted by Gasteiger charge is 2.21. The minimum Gasteiger partial charge on any atom is -0.490 e. The first-order valence-corrected chi connectivity index (χ1v) is 15.3. The zero-order valence-electron chi connectivity index (χ0n) is 25.4. The van der Waals surface area contributed by atoms with Crippen molar-refractivity contribution >= 4 is 28.5 Å². The van der Waals surface area contributed by atoms with Crippen LogP contribution in [0.1, 0.15) is 48.5 Å². The van der Waals surface area contributed by atoms with Gasteiger partial charge in [0.1, 0.15) is 41.7 Å². The van der Waals surface area contributed by atoms with E-state index in [0.717, 1.165) is 68.1 Å². The summed E-state index contributed by atoms with van der Waals surface area (Å²) in [5, 5.41) is 17.2. The lowest BCUT2D eigenvalue weighted by Gasteiger charge is -2.25. The molecule has 0 fully saturated rings. The SMILES string of the molecule is Cc1nc(N[C@@H](CCN(CCCCc2ccc3c(n2)NCCC3)CCOc2cccnc2C)C(=O)O)c2ccc(F)cc2n1. The molecule has 4 aromatic rings. The van der Waals surface area contributed by atoms with E-state index in [1.54, 1.807) is 19.2 Å². The molecule has 11 heteroatoms. The number of fused-ring (bicyclic) bond motifs is 2. The van der Waals surface area contributed by atoms with Crippen LogP contribution in [0.15, 0.2) is 48.7 Å². The van der Waals surface area contributed by atoms with Crippen LogP contribution < -0.4 is 15.4 Å².